The lowest BCUT2D eigenvalue weighted by molar-refractivity contribution is -0.137. The van der Waals surface area contributed by atoms with E-state index in [4.69, 9.17) is 0 Å². The van der Waals surface area contributed by atoms with Gasteiger partial charge in [-0.3, -0.25) is 0 Å². The van der Waals surface area contributed by atoms with Crippen molar-refractivity contribution in [2.24, 2.45) is 0 Å². The Labute approximate surface area is 171 Å². The molecule has 4 rings (SSSR count). The van der Waals surface area contributed by atoms with Crippen LogP contribution in [0.1, 0.15) is 18.4 Å². The molecule has 2 aromatic heterocycles. The number of aromatic amines is 1. The summed E-state index contributed by atoms with van der Waals surface area (Å²) >= 11 is 0. The number of sulfone groups is 1. The monoisotopic (exact) mass is 439 g/mol. The van der Waals surface area contributed by atoms with Crippen molar-refractivity contribution < 1.29 is 21.6 Å². The van der Waals surface area contributed by atoms with Gasteiger partial charge in [0, 0.05) is 42.2 Å². The number of benzene rings is 1. The van der Waals surface area contributed by atoms with Crippen molar-refractivity contribution in [3.8, 4) is 11.3 Å². The van der Waals surface area contributed by atoms with Gasteiger partial charge in [-0.05, 0) is 25.5 Å². The Morgan fingerprint density at radius 3 is 2.73 bits per heavy atom. The average molecular weight is 439 g/mol. The Hall–Kier alpha value is -2.66. The second-order valence-corrected chi connectivity index (χ2v) is 9.28. The summed E-state index contributed by atoms with van der Waals surface area (Å²) < 4.78 is 65.2. The number of hydrogen-bond donors (Lipinski definition) is 3. The molecule has 7 nitrogen and oxygen atoms in total. The number of hydrogen-bond acceptors (Lipinski definition) is 6. The van der Waals surface area contributed by atoms with Crippen LogP contribution >= 0.6 is 0 Å². The molecule has 3 aromatic rings. The molecule has 1 aliphatic heterocycles. The molecule has 3 N–H and O–H groups in total. The summed E-state index contributed by atoms with van der Waals surface area (Å²) in [5.41, 5.74) is -0.885. The third-order valence-electron chi connectivity index (χ3n) is 5.06. The molecular formula is C19H20F3N5O2S. The molecule has 1 fully saturated rings. The molecule has 3 heterocycles. The minimum absolute atomic E-state index is 0.0143. The van der Waals surface area contributed by atoms with Gasteiger partial charge in [-0.25, -0.2) is 18.4 Å². The fraction of sp³-hybridized carbons (Fsp3) is 0.368. The number of aromatic nitrogens is 3. The van der Waals surface area contributed by atoms with Crippen molar-refractivity contribution in [1.82, 2.24) is 20.3 Å². The summed E-state index contributed by atoms with van der Waals surface area (Å²) in [5, 5.41) is 6.65. The van der Waals surface area contributed by atoms with Gasteiger partial charge in [0.15, 0.2) is 9.84 Å². The zero-order chi connectivity index (χ0) is 21.5. The van der Waals surface area contributed by atoms with Crippen molar-refractivity contribution in [1.29, 1.82) is 0 Å². The number of alkyl halides is 3. The van der Waals surface area contributed by atoms with Gasteiger partial charge in [0.25, 0.3) is 0 Å². The van der Waals surface area contributed by atoms with Crippen molar-refractivity contribution in [3.05, 3.63) is 36.2 Å². The van der Waals surface area contributed by atoms with Gasteiger partial charge in [0.1, 0.15) is 5.56 Å². The van der Waals surface area contributed by atoms with E-state index in [9.17, 15) is 21.6 Å². The lowest BCUT2D eigenvalue weighted by atomic mass is 10.1. The number of halogens is 3. The number of anilines is 1. The second kappa shape index (κ2) is 7.55. The first-order valence-corrected chi connectivity index (χ1v) is 11.3. The summed E-state index contributed by atoms with van der Waals surface area (Å²) in [6, 6.07) is 4.49. The van der Waals surface area contributed by atoms with Crippen LogP contribution in [0.4, 0.5) is 19.1 Å². The third-order valence-corrected chi connectivity index (χ3v) is 6.20. The highest BCUT2D eigenvalue weighted by Crippen LogP contribution is 2.39. The van der Waals surface area contributed by atoms with Crippen molar-refractivity contribution >= 4 is 26.7 Å². The maximum absolute atomic E-state index is 13.7. The van der Waals surface area contributed by atoms with E-state index >= 15 is 0 Å². The predicted molar refractivity (Wildman–Crippen MR) is 107 cm³/mol. The van der Waals surface area contributed by atoms with Crippen LogP contribution < -0.4 is 10.6 Å². The van der Waals surface area contributed by atoms with E-state index in [1.165, 1.54) is 18.3 Å². The maximum Gasteiger partial charge on any atom is 0.419 e. The number of nitrogens with one attached hydrogen (secondary N) is 3. The molecule has 0 bridgehead atoms. The Morgan fingerprint density at radius 2 is 2.07 bits per heavy atom. The molecule has 30 heavy (non-hydrogen) atoms. The summed E-state index contributed by atoms with van der Waals surface area (Å²) in [5.74, 6) is 0.0975. The first-order valence-electron chi connectivity index (χ1n) is 9.36. The fourth-order valence-corrected chi connectivity index (χ4v) is 4.52. The molecule has 0 saturated carbocycles. The molecule has 1 atom stereocenters. The van der Waals surface area contributed by atoms with Gasteiger partial charge >= 0.3 is 6.18 Å². The average Bonchev–Trinajstić information content (AvgIpc) is 3.11. The molecule has 160 valence electrons. The summed E-state index contributed by atoms with van der Waals surface area (Å²) in [7, 11) is -3.57. The number of nitrogens with zero attached hydrogens (tertiary/aromatic N) is 2. The second-order valence-electron chi connectivity index (χ2n) is 7.29. The smallest absolute Gasteiger partial charge is 0.359 e. The van der Waals surface area contributed by atoms with E-state index in [0.717, 1.165) is 31.8 Å². The zero-order valence-corrected chi connectivity index (χ0v) is 16.9. The minimum atomic E-state index is -4.67. The van der Waals surface area contributed by atoms with Gasteiger partial charge in [0.05, 0.1) is 16.1 Å². The van der Waals surface area contributed by atoms with Crippen molar-refractivity contribution in [2.75, 3.05) is 24.7 Å². The highest BCUT2D eigenvalue weighted by Gasteiger charge is 2.36. The van der Waals surface area contributed by atoms with Crippen LogP contribution in [0.3, 0.4) is 0 Å². The topological polar surface area (TPSA) is 99.8 Å². The van der Waals surface area contributed by atoms with E-state index in [-0.39, 0.29) is 33.7 Å². The van der Waals surface area contributed by atoms with Gasteiger partial charge in [-0.2, -0.15) is 13.2 Å². The van der Waals surface area contributed by atoms with E-state index in [1.54, 1.807) is 6.07 Å². The van der Waals surface area contributed by atoms with E-state index in [0.29, 0.717) is 11.9 Å². The maximum atomic E-state index is 13.7. The van der Waals surface area contributed by atoms with Crippen molar-refractivity contribution in [3.63, 3.8) is 0 Å². The standard InChI is InChI=1S/C19H20F3N5O2S/c1-30(28,29)15-6-2-5-12-13(9-24-17(12)15)16-14(19(20,21)22)10-25-18(27-16)26-11-4-3-7-23-8-11/h2,5-6,9-11,23-24H,3-4,7-8H2,1H3,(H,25,26,27)/t11-/m0/s1. The normalized spacial score (nSPS) is 17.9. The molecule has 1 aliphatic rings. The molecular weight excluding hydrogens is 419 g/mol. The number of piperidine rings is 1. The minimum Gasteiger partial charge on any atom is -0.359 e. The van der Waals surface area contributed by atoms with Crippen molar-refractivity contribution in [2.45, 2.75) is 30.0 Å². The van der Waals surface area contributed by atoms with Crippen LogP contribution in [-0.4, -0.2) is 48.8 Å². The van der Waals surface area contributed by atoms with Crippen LogP contribution in [-0.2, 0) is 16.0 Å². The van der Waals surface area contributed by atoms with E-state index in [1.807, 2.05) is 0 Å². The third kappa shape index (κ3) is 3.99. The summed E-state index contributed by atoms with van der Waals surface area (Å²) in [4.78, 5) is 10.9. The molecule has 1 saturated heterocycles. The predicted octanol–water partition coefficient (Wildman–Crippen LogP) is 3.21. The fourth-order valence-electron chi connectivity index (χ4n) is 3.65. The summed E-state index contributed by atoms with van der Waals surface area (Å²) in [6.45, 7) is 1.57. The lowest BCUT2D eigenvalue weighted by Crippen LogP contribution is -2.38. The molecule has 11 heteroatoms. The molecule has 0 aliphatic carbocycles. The van der Waals surface area contributed by atoms with E-state index < -0.39 is 21.6 Å². The van der Waals surface area contributed by atoms with Gasteiger partial charge < -0.3 is 15.6 Å². The van der Waals surface area contributed by atoms with Crippen LogP contribution in [0.5, 0.6) is 0 Å². The van der Waals surface area contributed by atoms with Crippen LogP contribution in [0.25, 0.3) is 22.2 Å². The van der Waals surface area contributed by atoms with Gasteiger partial charge in [-0.15, -0.1) is 0 Å². The lowest BCUT2D eigenvalue weighted by Gasteiger charge is -2.24. The zero-order valence-electron chi connectivity index (χ0n) is 16.0. The molecule has 0 unspecified atom stereocenters. The molecule has 0 radical (unpaired) electrons. The van der Waals surface area contributed by atoms with Crippen LogP contribution in [0.15, 0.2) is 35.5 Å². The molecule has 0 amide bonds. The van der Waals surface area contributed by atoms with Gasteiger partial charge in [0.2, 0.25) is 5.95 Å². The Balaban J connectivity index is 1.85. The Kier molecular flexibility index (Phi) is 5.18. The van der Waals surface area contributed by atoms with E-state index in [2.05, 4.69) is 25.6 Å². The SMILES string of the molecule is CS(=O)(=O)c1cccc2c(-c3nc(N[C@H]4CCCNC4)ncc3C(F)(F)F)c[nH]c12. The quantitative estimate of drug-likeness (QED) is 0.577. The number of fused-ring (bicyclic) bond motifs is 1. The Morgan fingerprint density at radius 1 is 1.27 bits per heavy atom. The summed E-state index contributed by atoms with van der Waals surface area (Å²) in [6.07, 6.45) is 0.301. The van der Waals surface area contributed by atoms with Crippen LogP contribution in [0.2, 0.25) is 0 Å². The molecule has 0 spiro atoms. The first-order chi connectivity index (χ1) is 14.1. The molecule has 1 aromatic carbocycles. The largest absolute Gasteiger partial charge is 0.419 e. The first kappa shape index (κ1) is 20.6. The number of para-hydroxylation sites is 1. The number of rotatable bonds is 4. The van der Waals surface area contributed by atoms with Gasteiger partial charge in [-0.1, -0.05) is 12.1 Å². The Bertz CT molecular complexity index is 1180. The highest BCUT2D eigenvalue weighted by atomic mass is 32.2. The highest BCUT2D eigenvalue weighted by molar-refractivity contribution is 7.91. The van der Waals surface area contributed by atoms with Crippen LogP contribution in [0, 0.1) is 0 Å². The number of H-pyrrole nitrogens is 1.